The Morgan fingerprint density at radius 2 is 2.05 bits per heavy atom. The highest BCUT2D eigenvalue weighted by atomic mass is 16.5. The van der Waals surface area contributed by atoms with Crippen molar-refractivity contribution in [2.24, 2.45) is 5.92 Å². The van der Waals surface area contributed by atoms with E-state index in [-0.39, 0.29) is 23.5 Å². The third-order valence-electron chi connectivity index (χ3n) is 4.63. The number of carbonyl (C=O) groups excluding carboxylic acids is 1. The van der Waals surface area contributed by atoms with E-state index in [1.54, 1.807) is 0 Å². The Labute approximate surface area is 121 Å². The number of fused-ring (bicyclic) bond motifs is 2. The highest BCUT2D eigenvalue weighted by Gasteiger charge is 2.45. The van der Waals surface area contributed by atoms with Gasteiger partial charge in [-0.3, -0.25) is 9.69 Å². The van der Waals surface area contributed by atoms with Gasteiger partial charge in [-0.2, -0.15) is 0 Å². The zero-order valence-electron chi connectivity index (χ0n) is 12.6. The highest BCUT2D eigenvalue weighted by molar-refractivity contribution is 5.80. The van der Waals surface area contributed by atoms with Crippen LogP contribution in [0.5, 0.6) is 0 Å². The standard InChI is InChI=1S/C15H26N2O3/c1-15(2,10-17-5-7-19-8-6-17)16-14(18)12-9-11-3-4-13(12)20-11/h11-13H,3-10H2,1-2H3,(H,16,18). The van der Waals surface area contributed by atoms with Crippen molar-refractivity contribution < 1.29 is 14.3 Å². The van der Waals surface area contributed by atoms with Crippen molar-refractivity contribution in [3.8, 4) is 0 Å². The Morgan fingerprint density at radius 1 is 1.30 bits per heavy atom. The smallest absolute Gasteiger partial charge is 0.226 e. The molecule has 1 amide bonds. The normalized spacial score (nSPS) is 34.4. The molecule has 0 radical (unpaired) electrons. The molecule has 3 atom stereocenters. The lowest BCUT2D eigenvalue weighted by Crippen LogP contribution is -2.55. The Balaban J connectivity index is 1.51. The minimum atomic E-state index is -0.198. The molecule has 0 aromatic heterocycles. The first-order valence-electron chi connectivity index (χ1n) is 7.81. The van der Waals surface area contributed by atoms with Crippen LogP contribution in [0.25, 0.3) is 0 Å². The van der Waals surface area contributed by atoms with Gasteiger partial charge in [0.05, 0.1) is 31.3 Å². The van der Waals surface area contributed by atoms with Crippen LogP contribution >= 0.6 is 0 Å². The fourth-order valence-corrected chi connectivity index (χ4v) is 3.70. The van der Waals surface area contributed by atoms with Gasteiger partial charge < -0.3 is 14.8 Å². The second kappa shape index (κ2) is 5.62. The van der Waals surface area contributed by atoms with Gasteiger partial charge in [-0.25, -0.2) is 0 Å². The minimum Gasteiger partial charge on any atom is -0.379 e. The third-order valence-corrected chi connectivity index (χ3v) is 4.63. The van der Waals surface area contributed by atoms with Crippen LogP contribution in [-0.4, -0.2) is 61.4 Å². The molecule has 1 N–H and O–H groups in total. The number of rotatable bonds is 4. The summed E-state index contributed by atoms with van der Waals surface area (Å²) in [6.07, 6.45) is 3.58. The summed E-state index contributed by atoms with van der Waals surface area (Å²) in [4.78, 5) is 14.8. The van der Waals surface area contributed by atoms with Gasteiger partial charge in [0.1, 0.15) is 0 Å². The quantitative estimate of drug-likeness (QED) is 0.828. The number of nitrogens with zero attached hydrogens (tertiary/aromatic N) is 1. The third kappa shape index (κ3) is 3.15. The molecule has 5 heteroatoms. The minimum absolute atomic E-state index is 0.0673. The molecular weight excluding hydrogens is 256 g/mol. The van der Waals surface area contributed by atoms with E-state index < -0.39 is 0 Å². The number of ether oxygens (including phenoxy) is 2. The second-order valence-electron chi connectivity index (χ2n) is 6.98. The summed E-state index contributed by atoms with van der Waals surface area (Å²) in [5.41, 5.74) is -0.198. The Morgan fingerprint density at radius 3 is 2.65 bits per heavy atom. The molecule has 0 saturated carbocycles. The lowest BCUT2D eigenvalue weighted by molar-refractivity contribution is -0.128. The Kier molecular flexibility index (Phi) is 4.02. The fraction of sp³-hybridized carbons (Fsp3) is 0.933. The molecule has 3 saturated heterocycles. The van der Waals surface area contributed by atoms with Crippen LogP contribution in [0, 0.1) is 5.92 Å². The van der Waals surface area contributed by atoms with Gasteiger partial charge in [0, 0.05) is 25.2 Å². The van der Waals surface area contributed by atoms with E-state index >= 15 is 0 Å². The SMILES string of the molecule is CC(C)(CN1CCOCC1)NC(=O)C1CC2CCC1O2. The van der Waals surface area contributed by atoms with Crippen molar-refractivity contribution in [2.45, 2.75) is 50.9 Å². The number of amides is 1. The van der Waals surface area contributed by atoms with Crippen LogP contribution in [0.15, 0.2) is 0 Å². The molecule has 3 heterocycles. The summed E-state index contributed by atoms with van der Waals surface area (Å²) in [5.74, 6) is 0.244. The average molecular weight is 282 g/mol. The zero-order valence-corrected chi connectivity index (χ0v) is 12.6. The van der Waals surface area contributed by atoms with E-state index in [0.717, 1.165) is 52.1 Å². The number of carbonyl (C=O) groups is 1. The van der Waals surface area contributed by atoms with Gasteiger partial charge in [-0.05, 0) is 33.1 Å². The van der Waals surface area contributed by atoms with E-state index in [9.17, 15) is 4.79 Å². The number of hydrogen-bond acceptors (Lipinski definition) is 4. The largest absolute Gasteiger partial charge is 0.379 e. The number of nitrogens with one attached hydrogen (secondary N) is 1. The summed E-state index contributed by atoms with van der Waals surface area (Å²) >= 11 is 0. The molecule has 0 spiro atoms. The molecule has 20 heavy (non-hydrogen) atoms. The maximum Gasteiger partial charge on any atom is 0.226 e. The predicted molar refractivity (Wildman–Crippen MR) is 75.5 cm³/mol. The zero-order chi connectivity index (χ0) is 14.2. The van der Waals surface area contributed by atoms with Gasteiger partial charge in [-0.15, -0.1) is 0 Å². The van der Waals surface area contributed by atoms with Crippen LogP contribution in [-0.2, 0) is 14.3 Å². The van der Waals surface area contributed by atoms with Crippen molar-refractivity contribution in [3.05, 3.63) is 0 Å². The van der Waals surface area contributed by atoms with Crippen LogP contribution in [0.4, 0.5) is 0 Å². The molecule has 0 aromatic rings. The maximum atomic E-state index is 12.5. The number of morpholine rings is 1. The van der Waals surface area contributed by atoms with Crippen LogP contribution in [0.2, 0.25) is 0 Å². The van der Waals surface area contributed by atoms with Gasteiger partial charge in [0.2, 0.25) is 5.91 Å². The molecule has 3 aliphatic rings. The monoisotopic (exact) mass is 282 g/mol. The second-order valence-corrected chi connectivity index (χ2v) is 6.98. The van der Waals surface area contributed by atoms with E-state index in [1.807, 2.05) is 0 Å². The molecule has 0 aromatic carbocycles. The van der Waals surface area contributed by atoms with Crippen molar-refractivity contribution in [1.82, 2.24) is 10.2 Å². The van der Waals surface area contributed by atoms with E-state index in [2.05, 4.69) is 24.1 Å². The summed E-state index contributed by atoms with van der Waals surface area (Å²) < 4.78 is 11.1. The molecule has 5 nitrogen and oxygen atoms in total. The Bertz CT molecular complexity index is 366. The van der Waals surface area contributed by atoms with Gasteiger partial charge >= 0.3 is 0 Å². The van der Waals surface area contributed by atoms with Gasteiger partial charge in [0.25, 0.3) is 0 Å². The first-order chi connectivity index (χ1) is 9.53. The summed E-state index contributed by atoms with van der Waals surface area (Å²) in [6.45, 7) is 8.59. The molecule has 114 valence electrons. The maximum absolute atomic E-state index is 12.5. The van der Waals surface area contributed by atoms with Crippen LogP contribution in [0.3, 0.4) is 0 Å². The molecule has 3 unspecified atom stereocenters. The van der Waals surface area contributed by atoms with Crippen molar-refractivity contribution in [2.75, 3.05) is 32.8 Å². The topological polar surface area (TPSA) is 50.8 Å². The molecule has 2 bridgehead atoms. The summed E-state index contributed by atoms with van der Waals surface area (Å²) in [5, 5.41) is 3.23. The van der Waals surface area contributed by atoms with E-state index in [0.29, 0.717) is 6.10 Å². The molecule has 0 aliphatic carbocycles. The predicted octanol–water partition coefficient (Wildman–Crippen LogP) is 0.781. The summed E-state index contributed by atoms with van der Waals surface area (Å²) in [6, 6.07) is 0. The van der Waals surface area contributed by atoms with Crippen LogP contribution < -0.4 is 5.32 Å². The van der Waals surface area contributed by atoms with Crippen molar-refractivity contribution in [1.29, 1.82) is 0 Å². The summed E-state index contributed by atoms with van der Waals surface area (Å²) in [7, 11) is 0. The van der Waals surface area contributed by atoms with Crippen molar-refractivity contribution >= 4 is 5.91 Å². The molecule has 3 fully saturated rings. The molecule has 3 aliphatic heterocycles. The molecule has 3 rings (SSSR count). The Hall–Kier alpha value is -0.650. The average Bonchev–Trinajstić information content (AvgIpc) is 3.01. The van der Waals surface area contributed by atoms with Crippen molar-refractivity contribution in [3.63, 3.8) is 0 Å². The van der Waals surface area contributed by atoms with E-state index in [4.69, 9.17) is 9.47 Å². The highest BCUT2D eigenvalue weighted by Crippen LogP contribution is 2.39. The van der Waals surface area contributed by atoms with Gasteiger partial charge in [-0.1, -0.05) is 0 Å². The van der Waals surface area contributed by atoms with Crippen LogP contribution in [0.1, 0.15) is 33.1 Å². The first-order valence-corrected chi connectivity index (χ1v) is 7.81. The van der Waals surface area contributed by atoms with Gasteiger partial charge in [0.15, 0.2) is 0 Å². The lowest BCUT2D eigenvalue weighted by Gasteiger charge is -2.36. The fourth-order valence-electron chi connectivity index (χ4n) is 3.70. The lowest BCUT2D eigenvalue weighted by atomic mass is 9.88. The molecular formula is C15H26N2O3. The van der Waals surface area contributed by atoms with E-state index in [1.165, 1.54) is 0 Å². The first kappa shape index (κ1) is 14.3. The number of hydrogen-bond donors (Lipinski definition) is 1.